The normalized spacial score (nSPS) is 13.7. The van der Waals surface area contributed by atoms with Gasteiger partial charge in [-0.05, 0) is 30.4 Å². The van der Waals surface area contributed by atoms with Crippen LogP contribution in [-0.4, -0.2) is 31.7 Å². The molecule has 2 aromatic rings. The minimum atomic E-state index is -0.804. The summed E-state index contributed by atoms with van der Waals surface area (Å²) < 4.78 is 0. The first-order chi connectivity index (χ1) is 10.7. The van der Waals surface area contributed by atoms with Crippen LogP contribution in [0.15, 0.2) is 24.3 Å². The Hall–Kier alpha value is -2.24. The second kappa shape index (κ2) is 7.68. The zero-order valence-electron chi connectivity index (χ0n) is 13.0. The monoisotopic (exact) mass is 302 g/mol. The van der Waals surface area contributed by atoms with E-state index in [1.54, 1.807) is 0 Å². The molecule has 0 aliphatic carbocycles. The summed E-state index contributed by atoms with van der Waals surface area (Å²) in [6, 6.07) is 8.27. The molecular weight excluding hydrogens is 280 g/mol. The molecule has 0 radical (unpaired) electrons. The molecule has 118 valence electrons. The molecule has 6 nitrogen and oxygen atoms in total. The summed E-state index contributed by atoms with van der Waals surface area (Å²) in [7, 11) is 0. The minimum absolute atomic E-state index is 0.274. The fraction of sp³-hybridized carbons (Fsp3) is 0.500. The molecule has 0 amide bonds. The molecule has 0 spiro atoms. The fourth-order valence-corrected chi connectivity index (χ4v) is 2.71. The highest BCUT2D eigenvalue weighted by atomic mass is 16.4. The van der Waals surface area contributed by atoms with Gasteiger partial charge in [-0.1, -0.05) is 49.7 Å². The number of aromatic nitrogens is 4. The van der Waals surface area contributed by atoms with Crippen molar-refractivity contribution in [2.45, 2.75) is 45.4 Å². The number of nitrogens with one attached hydrogen (secondary N) is 1. The van der Waals surface area contributed by atoms with Crippen molar-refractivity contribution in [3.05, 3.63) is 41.2 Å². The number of hydrogen-bond donors (Lipinski definition) is 2. The molecule has 1 aromatic carbocycles. The van der Waals surface area contributed by atoms with E-state index in [0.29, 0.717) is 18.7 Å². The van der Waals surface area contributed by atoms with Gasteiger partial charge in [0.25, 0.3) is 0 Å². The molecule has 0 aliphatic rings. The van der Waals surface area contributed by atoms with Gasteiger partial charge in [-0.25, -0.2) is 0 Å². The standard InChI is InChI=1S/C16H22N4O2/c1-3-5-13(16(21)22)14(15-17-19-20-18-15)10-12-8-6-11(4-2)7-9-12/h6-9,13-14H,3-5,10H2,1-2H3,(H,21,22)(H,17,18,19,20)/t13-,14-/m0/s1. The summed E-state index contributed by atoms with van der Waals surface area (Å²) in [4.78, 5) is 11.6. The molecule has 1 aromatic heterocycles. The third-order valence-electron chi connectivity index (χ3n) is 3.98. The Morgan fingerprint density at radius 2 is 1.91 bits per heavy atom. The second-order valence-electron chi connectivity index (χ2n) is 5.48. The molecule has 22 heavy (non-hydrogen) atoms. The van der Waals surface area contributed by atoms with E-state index in [9.17, 15) is 9.90 Å². The van der Waals surface area contributed by atoms with Crippen LogP contribution < -0.4 is 0 Å². The topological polar surface area (TPSA) is 91.8 Å². The van der Waals surface area contributed by atoms with E-state index < -0.39 is 11.9 Å². The molecule has 2 rings (SSSR count). The first kappa shape index (κ1) is 16.1. The zero-order valence-corrected chi connectivity index (χ0v) is 13.0. The quantitative estimate of drug-likeness (QED) is 0.782. The van der Waals surface area contributed by atoms with Gasteiger partial charge >= 0.3 is 5.97 Å². The molecule has 1 heterocycles. The lowest BCUT2D eigenvalue weighted by atomic mass is 9.83. The third-order valence-corrected chi connectivity index (χ3v) is 3.98. The fourth-order valence-electron chi connectivity index (χ4n) is 2.71. The molecule has 6 heteroatoms. The molecule has 0 saturated carbocycles. The van der Waals surface area contributed by atoms with Crippen molar-refractivity contribution >= 4 is 5.97 Å². The Kier molecular flexibility index (Phi) is 5.63. The van der Waals surface area contributed by atoms with Gasteiger partial charge in [0, 0.05) is 5.92 Å². The lowest BCUT2D eigenvalue weighted by Gasteiger charge is -2.21. The Balaban J connectivity index is 2.25. The molecule has 0 fully saturated rings. The predicted octanol–water partition coefficient (Wildman–Crippen LogP) is 2.59. The largest absolute Gasteiger partial charge is 0.481 e. The molecule has 0 bridgehead atoms. The highest BCUT2D eigenvalue weighted by molar-refractivity contribution is 5.71. The highest BCUT2D eigenvalue weighted by Crippen LogP contribution is 2.29. The van der Waals surface area contributed by atoms with Gasteiger partial charge in [-0.15, -0.1) is 10.2 Å². The number of carboxylic acid groups (broad SMARTS) is 1. The van der Waals surface area contributed by atoms with Gasteiger partial charge in [-0.3, -0.25) is 4.79 Å². The summed E-state index contributed by atoms with van der Waals surface area (Å²) in [6.45, 7) is 4.10. The number of nitrogens with zero attached hydrogens (tertiary/aromatic N) is 3. The third kappa shape index (κ3) is 3.90. The van der Waals surface area contributed by atoms with Gasteiger partial charge in [0.05, 0.1) is 5.92 Å². The van der Waals surface area contributed by atoms with E-state index in [4.69, 9.17) is 0 Å². The van der Waals surface area contributed by atoms with Crippen molar-refractivity contribution in [2.75, 3.05) is 0 Å². The van der Waals surface area contributed by atoms with Gasteiger partial charge in [0.15, 0.2) is 5.82 Å². The van der Waals surface area contributed by atoms with Crippen molar-refractivity contribution in [1.29, 1.82) is 0 Å². The molecule has 0 saturated heterocycles. The number of carboxylic acids is 1. The average Bonchev–Trinajstić information content (AvgIpc) is 3.05. The van der Waals surface area contributed by atoms with Crippen LogP contribution in [0.3, 0.4) is 0 Å². The number of rotatable bonds is 8. The SMILES string of the molecule is CCC[C@H](C(=O)O)[C@H](Cc1ccc(CC)cc1)c1nn[nH]n1. The maximum Gasteiger partial charge on any atom is 0.307 e. The van der Waals surface area contributed by atoms with Crippen molar-refractivity contribution < 1.29 is 9.90 Å². The lowest BCUT2D eigenvalue weighted by Crippen LogP contribution is -2.25. The number of hydrogen-bond acceptors (Lipinski definition) is 4. The smallest absolute Gasteiger partial charge is 0.307 e. The number of aromatic amines is 1. The van der Waals surface area contributed by atoms with E-state index in [1.165, 1.54) is 5.56 Å². The first-order valence-corrected chi connectivity index (χ1v) is 7.69. The molecule has 2 atom stereocenters. The Morgan fingerprint density at radius 1 is 1.23 bits per heavy atom. The molecule has 2 N–H and O–H groups in total. The van der Waals surface area contributed by atoms with Crippen LogP contribution in [0, 0.1) is 5.92 Å². The van der Waals surface area contributed by atoms with Crippen LogP contribution in [0.2, 0.25) is 0 Å². The van der Waals surface area contributed by atoms with Crippen LogP contribution in [0.4, 0.5) is 0 Å². The number of aryl methyl sites for hydroxylation is 1. The maximum absolute atomic E-state index is 11.6. The summed E-state index contributed by atoms with van der Waals surface area (Å²) >= 11 is 0. The van der Waals surface area contributed by atoms with Crippen LogP contribution in [0.1, 0.15) is 49.6 Å². The van der Waals surface area contributed by atoms with Crippen molar-refractivity contribution in [1.82, 2.24) is 20.6 Å². The highest BCUT2D eigenvalue weighted by Gasteiger charge is 2.31. The number of H-pyrrole nitrogens is 1. The van der Waals surface area contributed by atoms with E-state index in [-0.39, 0.29) is 5.92 Å². The van der Waals surface area contributed by atoms with Gasteiger partial charge in [0.2, 0.25) is 0 Å². The lowest BCUT2D eigenvalue weighted by molar-refractivity contribution is -0.142. The van der Waals surface area contributed by atoms with E-state index in [1.807, 2.05) is 6.92 Å². The summed E-state index contributed by atoms with van der Waals surface area (Å²) in [5.41, 5.74) is 2.36. The first-order valence-electron chi connectivity index (χ1n) is 7.69. The van der Waals surface area contributed by atoms with E-state index in [0.717, 1.165) is 18.4 Å². The zero-order chi connectivity index (χ0) is 15.9. The Labute approximate surface area is 130 Å². The second-order valence-corrected chi connectivity index (χ2v) is 5.48. The van der Waals surface area contributed by atoms with Crippen LogP contribution in [0.25, 0.3) is 0 Å². The number of tetrazole rings is 1. The van der Waals surface area contributed by atoms with Gasteiger partial charge in [-0.2, -0.15) is 5.21 Å². The van der Waals surface area contributed by atoms with Gasteiger partial charge < -0.3 is 5.11 Å². The summed E-state index contributed by atoms with van der Waals surface area (Å²) in [5.74, 6) is -1.11. The summed E-state index contributed by atoms with van der Waals surface area (Å²) in [5, 5.41) is 23.6. The number of aliphatic carboxylic acids is 1. The minimum Gasteiger partial charge on any atom is -0.481 e. The predicted molar refractivity (Wildman–Crippen MR) is 82.5 cm³/mol. The maximum atomic E-state index is 11.6. The number of benzene rings is 1. The molecular formula is C16H22N4O2. The van der Waals surface area contributed by atoms with E-state index >= 15 is 0 Å². The van der Waals surface area contributed by atoms with Crippen molar-refractivity contribution in [3.8, 4) is 0 Å². The van der Waals surface area contributed by atoms with E-state index in [2.05, 4.69) is 51.8 Å². The van der Waals surface area contributed by atoms with Crippen LogP contribution >= 0.6 is 0 Å². The van der Waals surface area contributed by atoms with Crippen LogP contribution in [0.5, 0.6) is 0 Å². The Morgan fingerprint density at radius 3 is 2.41 bits per heavy atom. The summed E-state index contributed by atoms with van der Waals surface area (Å²) in [6.07, 6.45) is 2.99. The molecule has 0 aliphatic heterocycles. The van der Waals surface area contributed by atoms with Crippen molar-refractivity contribution in [2.24, 2.45) is 5.92 Å². The van der Waals surface area contributed by atoms with Crippen molar-refractivity contribution in [3.63, 3.8) is 0 Å². The van der Waals surface area contributed by atoms with Gasteiger partial charge in [0.1, 0.15) is 0 Å². The molecule has 0 unspecified atom stereocenters. The average molecular weight is 302 g/mol. The Bertz CT molecular complexity index is 581. The number of carbonyl (C=O) groups is 1. The van der Waals surface area contributed by atoms with Crippen LogP contribution in [-0.2, 0) is 17.6 Å².